The predicted octanol–water partition coefficient (Wildman–Crippen LogP) is 1.64. The zero-order valence-electron chi connectivity index (χ0n) is 11.5. The van der Waals surface area contributed by atoms with Gasteiger partial charge in [0.2, 0.25) is 0 Å². The van der Waals surface area contributed by atoms with Crippen molar-refractivity contribution in [2.75, 3.05) is 26.8 Å². The van der Waals surface area contributed by atoms with Crippen LogP contribution in [0.15, 0.2) is 24.3 Å². The van der Waals surface area contributed by atoms with E-state index in [1.54, 1.807) is 7.11 Å². The topological polar surface area (TPSA) is 55.6 Å². The number of methoxy groups -OCH3 is 1. The largest absolute Gasteiger partial charge is 0.384 e. The highest BCUT2D eigenvalue weighted by Gasteiger charge is 2.24. The molecule has 0 spiro atoms. The van der Waals surface area contributed by atoms with Crippen molar-refractivity contribution < 1.29 is 9.53 Å². The van der Waals surface area contributed by atoms with Crippen LogP contribution in [0.4, 0.5) is 0 Å². The summed E-state index contributed by atoms with van der Waals surface area (Å²) in [7, 11) is 1.71. The molecule has 0 unspecified atom stereocenters. The average molecular weight is 262 g/mol. The van der Waals surface area contributed by atoms with Gasteiger partial charge in [-0.2, -0.15) is 0 Å². The van der Waals surface area contributed by atoms with Crippen molar-refractivity contribution in [3.8, 4) is 0 Å². The SMILES string of the molecule is COC[C@@H]1CCCN(C(=O)c2ccc(CN)cc2)C1. The van der Waals surface area contributed by atoms with E-state index in [1.165, 1.54) is 0 Å². The van der Waals surface area contributed by atoms with Gasteiger partial charge in [0.1, 0.15) is 0 Å². The number of likely N-dealkylation sites (tertiary alicyclic amines) is 1. The van der Waals surface area contributed by atoms with Crippen LogP contribution in [0.5, 0.6) is 0 Å². The third-order valence-corrected chi connectivity index (χ3v) is 3.65. The molecule has 1 atom stereocenters. The van der Waals surface area contributed by atoms with Crippen LogP contribution in [0, 0.1) is 5.92 Å². The van der Waals surface area contributed by atoms with Crippen LogP contribution in [0.3, 0.4) is 0 Å². The van der Waals surface area contributed by atoms with E-state index < -0.39 is 0 Å². The monoisotopic (exact) mass is 262 g/mol. The predicted molar refractivity (Wildman–Crippen MR) is 74.8 cm³/mol. The maximum atomic E-state index is 12.4. The first kappa shape index (κ1) is 14.0. The van der Waals surface area contributed by atoms with Crippen molar-refractivity contribution in [1.29, 1.82) is 0 Å². The molecule has 104 valence electrons. The Hall–Kier alpha value is -1.39. The van der Waals surface area contributed by atoms with E-state index in [0.29, 0.717) is 12.5 Å². The molecular weight excluding hydrogens is 240 g/mol. The van der Waals surface area contributed by atoms with Gasteiger partial charge in [0.25, 0.3) is 5.91 Å². The molecule has 1 aliphatic rings. The van der Waals surface area contributed by atoms with Crippen molar-refractivity contribution >= 4 is 5.91 Å². The average Bonchev–Trinajstić information content (AvgIpc) is 2.47. The number of hydrogen-bond acceptors (Lipinski definition) is 3. The Balaban J connectivity index is 2.01. The second-order valence-corrected chi connectivity index (χ2v) is 5.12. The van der Waals surface area contributed by atoms with E-state index in [4.69, 9.17) is 10.5 Å². The van der Waals surface area contributed by atoms with Crippen LogP contribution in [-0.4, -0.2) is 37.6 Å². The minimum Gasteiger partial charge on any atom is -0.384 e. The van der Waals surface area contributed by atoms with Crippen molar-refractivity contribution in [2.45, 2.75) is 19.4 Å². The molecule has 0 aromatic heterocycles. The number of benzene rings is 1. The molecule has 1 fully saturated rings. The van der Waals surface area contributed by atoms with Gasteiger partial charge in [0.15, 0.2) is 0 Å². The van der Waals surface area contributed by atoms with Gasteiger partial charge in [-0.05, 0) is 36.5 Å². The van der Waals surface area contributed by atoms with E-state index in [9.17, 15) is 4.79 Å². The van der Waals surface area contributed by atoms with Gasteiger partial charge < -0.3 is 15.4 Å². The second kappa shape index (κ2) is 6.68. The van der Waals surface area contributed by atoms with Crippen molar-refractivity contribution in [2.24, 2.45) is 11.7 Å². The summed E-state index contributed by atoms with van der Waals surface area (Å²) in [6.45, 7) is 2.88. The van der Waals surface area contributed by atoms with Crippen LogP contribution in [0.25, 0.3) is 0 Å². The summed E-state index contributed by atoms with van der Waals surface area (Å²) in [6.07, 6.45) is 2.20. The lowest BCUT2D eigenvalue weighted by molar-refractivity contribution is 0.0571. The van der Waals surface area contributed by atoms with Crippen LogP contribution in [0.2, 0.25) is 0 Å². The molecule has 0 saturated carbocycles. The quantitative estimate of drug-likeness (QED) is 0.897. The standard InChI is InChI=1S/C15H22N2O2/c1-19-11-13-3-2-8-17(10-13)15(18)14-6-4-12(9-16)5-7-14/h4-7,13H,2-3,8-11,16H2,1H3/t13-/m1/s1. The van der Waals surface area contributed by atoms with E-state index >= 15 is 0 Å². The van der Waals surface area contributed by atoms with E-state index in [-0.39, 0.29) is 5.91 Å². The number of nitrogens with two attached hydrogens (primary N) is 1. The maximum Gasteiger partial charge on any atom is 0.253 e. The lowest BCUT2D eigenvalue weighted by Gasteiger charge is -2.32. The molecule has 1 aromatic rings. The zero-order valence-corrected chi connectivity index (χ0v) is 11.5. The number of rotatable bonds is 4. The molecule has 2 rings (SSSR count). The molecule has 1 amide bonds. The molecule has 1 saturated heterocycles. The molecule has 0 radical (unpaired) electrons. The van der Waals surface area contributed by atoms with Gasteiger partial charge in [0.05, 0.1) is 6.61 Å². The highest BCUT2D eigenvalue weighted by atomic mass is 16.5. The molecule has 4 nitrogen and oxygen atoms in total. The number of carbonyl (C=O) groups is 1. The van der Waals surface area contributed by atoms with Crippen molar-refractivity contribution in [1.82, 2.24) is 4.90 Å². The van der Waals surface area contributed by atoms with Gasteiger partial charge >= 0.3 is 0 Å². The Morgan fingerprint density at radius 1 is 1.42 bits per heavy atom. The van der Waals surface area contributed by atoms with E-state index in [2.05, 4.69) is 0 Å². The fraction of sp³-hybridized carbons (Fsp3) is 0.533. The normalized spacial score (nSPS) is 19.5. The molecule has 2 N–H and O–H groups in total. The lowest BCUT2D eigenvalue weighted by atomic mass is 9.98. The minimum atomic E-state index is 0.115. The van der Waals surface area contributed by atoms with Gasteiger partial charge in [-0.1, -0.05) is 12.1 Å². The Morgan fingerprint density at radius 2 is 2.16 bits per heavy atom. The Morgan fingerprint density at radius 3 is 2.79 bits per heavy atom. The van der Waals surface area contributed by atoms with Gasteiger partial charge in [-0.15, -0.1) is 0 Å². The third-order valence-electron chi connectivity index (χ3n) is 3.65. The third kappa shape index (κ3) is 3.55. The molecule has 1 aliphatic heterocycles. The summed E-state index contributed by atoms with van der Waals surface area (Å²) in [6, 6.07) is 7.57. The summed E-state index contributed by atoms with van der Waals surface area (Å²) in [5.74, 6) is 0.579. The van der Waals surface area contributed by atoms with E-state index in [0.717, 1.165) is 43.7 Å². The maximum absolute atomic E-state index is 12.4. The fourth-order valence-electron chi connectivity index (χ4n) is 2.59. The van der Waals surface area contributed by atoms with Crippen LogP contribution < -0.4 is 5.73 Å². The summed E-state index contributed by atoms with van der Waals surface area (Å²) in [5, 5.41) is 0. The Bertz CT molecular complexity index is 415. The summed E-state index contributed by atoms with van der Waals surface area (Å²) in [4.78, 5) is 14.3. The summed E-state index contributed by atoms with van der Waals surface area (Å²) >= 11 is 0. The molecule has 4 heteroatoms. The number of ether oxygens (including phenoxy) is 1. The molecule has 19 heavy (non-hydrogen) atoms. The van der Waals surface area contributed by atoms with Gasteiger partial charge in [-0.3, -0.25) is 4.79 Å². The minimum absolute atomic E-state index is 0.115. The smallest absolute Gasteiger partial charge is 0.253 e. The fourth-order valence-corrected chi connectivity index (χ4v) is 2.59. The van der Waals surface area contributed by atoms with Crippen molar-refractivity contribution in [3.63, 3.8) is 0 Å². The Labute approximate surface area is 114 Å². The molecule has 1 heterocycles. The number of nitrogens with zero attached hydrogens (tertiary/aromatic N) is 1. The first-order chi connectivity index (χ1) is 9.24. The van der Waals surface area contributed by atoms with Gasteiger partial charge in [-0.25, -0.2) is 0 Å². The first-order valence-electron chi connectivity index (χ1n) is 6.82. The number of carbonyl (C=O) groups excluding carboxylic acids is 1. The lowest BCUT2D eigenvalue weighted by Crippen LogP contribution is -2.41. The Kier molecular flexibility index (Phi) is 4.93. The number of amides is 1. The summed E-state index contributed by atoms with van der Waals surface area (Å²) < 4.78 is 5.19. The van der Waals surface area contributed by atoms with Gasteiger partial charge in [0, 0.05) is 32.3 Å². The highest BCUT2D eigenvalue weighted by Crippen LogP contribution is 2.19. The highest BCUT2D eigenvalue weighted by molar-refractivity contribution is 5.94. The van der Waals surface area contributed by atoms with Crippen LogP contribution in [0.1, 0.15) is 28.8 Å². The second-order valence-electron chi connectivity index (χ2n) is 5.12. The van der Waals surface area contributed by atoms with Crippen LogP contribution >= 0.6 is 0 Å². The summed E-state index contributed by atoms with van der Waals surface area (Å²) in [5.41, 5.74) is 7.36. The zero-order chi connectivity index (χ0) is 13.7. The van der Waals surface area contributed by atoms with E-state index in [1.807, 2.05) is 29.2 Å². The van der Waals surface area contributed by atoms with Crippen molar-refractivity contribution in [3.05, 3.63) is 35.4 Å². The molecule has 0 aliphatic carbocycles. The van der Waals surface area contributed by atoms with Crippen LogP contribution in [-0.2, 0) is 11.3 Å². The number of hydrogen-bond donors (Lipinski definition) is 1. The molecular formula is C15H22N2O2. The number of piperidine rings is 1. The molecule has 0 bridgehead atoms. The first-order valence-corrected chi connectivity index (χ1v) is 6.82. The molecule has 1 aromatic carbocycles.